The molecule has 8 heteroatoms. The van der Waals surface area contributed by atoms with Gasteiger partial charge in [0.15, 0.2) is 0 Å². The minimum Gasteiger partial charge on any atom is -0.335 e. The molecule has 0 aromatic carbocycles. The fraction of sp³-hybridized carbons (Fsp3) is 0.938. The van der Waals surface area contributed by atoms with Gasteiger partial charge in [0.05, 0.1) is 13.3 Å². The number of hydrogen-bond donors (Lipinski definition) is 6. The molecule has 0 aromatic heterocycles. The van der Waals surface area contributed by atoms with E-state index < -0.39 is 0 Å². The van der Waals surface area contributed by atoms with Gasteiger partial charge in [-0.25, -0.2) is 4.79 Å². The highest BCUT2D eigenvalue weighted by atomic mass is 16.6. The van der Waals surface area contributed by atoms with E-state index in [1.807, 2.05) is 0 Å². The molecule has 0 bridgehead atoms. The van der Waals surface area contributed by atoms with Crippen molar-refractivity contribution in [2.75, 3.05) is 20.2 Å². The van der Waals surface area contributed by atoms with Crippen LogP contribution < -0.4 is 32.1 Å². The van der Waals surface area contributed by atoms with Crippen molar-refractivity contribution in [3.63, 3.8) is 0 Å². The first kappa shape index (κ1) is 17.9. The molecule has 0 radical (unpaired) electrons. The summed E-state index contributed by atoms with van der Waals surface area (Å²) in [5.41, 5.74) is 2.90. The molecule has 2 saturated heterocycles. The predicted molar refractivity (Wildman–Crippen MR) is 91.8 cm³/mol. The number of hydrogen-bond acceptors (Lipinski definition) is 6. The topological polar surface area (TPSA) is 98.5 Å². The zero-order valence-corrected chi connectivity index (χ0v) is 14.7. The molecule has 3 fully saturated rings. The summed E-state index contributed by atoms with van der Waals surface area (Å²) < 4.78 is 0. The summed E-state index contributed by atoms with van der Waals surface area (Å²) in [7, 11) is 1.60. The lowest BCUT2D eigenvalue weighted by atomic mass is 9.73. The Kier molecular flexibility index (Phi) is 6.29. The van der Waals surface area contributed by atoms with Gasteiger partial charge in [0.1, 0.15) is 6.29 Å². The van der Waals surface area contributed by atoms with Gasteiger partial charge >= 0.3 is 6.03 Å². The van der Waals surface area contributed by atoms with Crippen molar-refractivity contribution in [1.29, 1.82) is 0 Å². The van der Waals surface area contributed by atoms with Crippen molar-refractivity contribution in [2.24, 2.45) is 11.8 Å². The molecule has 24 heavy (non-hydrogen) atoms. The molecule has 1 aliphatic carbocycles. The van der Waals surface area contributed by atoms with Gasteiger partial charge in [0.2, 0.25) is 0 Å². The van der Waals surface area contributed by atoms with E-state index in [-0.39, 0.29) is 24.5 Å². The second-order valence-electron chi connectivity index (χ2n) is 7.42. The minimum atomic E-state index is -0.267. The minimum absolute atomic E-state index is 0.0155. The molecule has 2 amide bonds. The van der Waals surface area contributed by atoms with Crippen LogP contribution in [0.1, 0.15) is 39.0 Å². The molecular formula is C16H32N6O2. The molecule has 0 aromatic rings. The second-order valence-corrected chi connectivity index (χ2v) is 7.42. The van der Waals surface area contributed by atoms with Crippen LogP contribution in [-0.2, 0) is 4.84 Å². The third kappa shape index (κ3) is 4.80. The maximum atomic E-state index is 12.3. The number of fused-ring (bicyclic) bond motifs is 1. The van der Waals surface area contributed by atoms with Gasteiger partial charge in [0, 0.05) is 12.1 Å². The van der Waals surface area contributed by atoms with Gasteiger partial charge in [-0.1, -0.05) is 0 Å². The van der Waals surface area contributed by atoms with Crippen molar-refractivity contribution in [3.8, 4) is 0 Å². The molecule has 6 unspecified atom stereocenters. The highest BCUT2D eigenvalue weighted by molar-refractivity contribution is 5.74. The van der Waals surface area contributed by atoms with Crippen LogP contribution in [0, 0.1) is 11.8 Å². The number of amides is 2. The predicted octanol–water partition coefficient (Wildman–Crippen LogP) is -0.204. The SMILES string of the molecule is CONC1CC(C)NC(NC(=O)NC2CCC3CNCCC3C2)N1. The molecule has 138 valence electrons. The summed E-state index contributed by atoms with van der Waals surface area (Å²) in [6, 6.07) is 0.468. The normalized spacial score (nSPS) is 39.8. The molecule has 0 spiro atoms. The Morgan fingerprint density at radius 3 is 2.79 bits per heavy atom. The lowest BCUT2D eigenvalue weighted by Crippen LogP contribution is -2.68. The Hall–Kier alpha value is -0.930. The lowest BCUT2D eigenvalue weighted by Gasteiger charge is -2.40. The molecule has 6 N–H and O–H groups in total. The lowest BCUT2D eigenvalue weighted by molar-refractivity contribution is 0.0231. The van der Waals surface area contributed by atoms with E-state index in [9.17, 15) is 4.79 Å². The average Bonchev–Trinajstić information content (AvgIpc) is 2.54. The number of carbonyl (C=O) groups is 1. The summed E-state index contributed by atoms with van der Waals surface area (Å²) in [5, 5.41) is 16.2. The molecule has 2 aliphatic heterocycles. The van der Waals surface area contributed by atoms with Gasteiger partial charge in [0.25, 0.3) is 0 Å². The summed E-state index contributed by atoms with van der Waals surface area (Å²) in [6.45, 7) is 4.35. The highest BCUT2D eigenvalue weighted by Crippen LogP contribution is 2.33. The molecule has 2 heterocycles. The fourth-order valence-electron chi connectivity index (χ4n) is 4.34. The van der Waals surface area contributed by atoms with Crippen molar-refractivity contribution >= 4 is 6.03 Å². The number of piperidine rings is 1. The van der Waals surface area contributed by atoms with Crippen LogP contribution in [0.15, 0.2) is 0 Å². The highest BCUT2D eigenvalue weighted by Gasteiger charge is 2.33. The van der Waals surface area contributed by atoms with Crippen molar-refractivity contribution in [2.45, 2.75) is 63.6 Å². The summed E-state index contributed by atoms with van der Waals surface area (Å²) in [6.07, 6.45) is 5.25. The molecular weight excluding hydrogens is 308 g/mol. The Morgan fingerprint density at radius 2 is 1.96 bits per heavy atom. The van der Waals surface area contributed by atoms with Gasteiger partial charge in [-0.3, -0.25) is 10.6 Å². The van der Waals surface area contributed by atoms with Gasteiger partial charge in [-0.2, -0.15) is 5.48 Å². The fourth-order valence-corrected chi connectivity index (χ4v) is 4.34. The van der Waals surface area contributed by atoms with Crippen molar-refractivity contribution in [3.05, 3.63) is 0 Å². The van der Waals surface area contributed by atoms with Gasteiger partial charge in [-0.15, -0.1) is 0 Å². The van der Waals surface area contributed by atoms with E-state index >= 15 is 0 Å². The average molecular weight is 340 g/mol. The zero-order valence-electron chi connectivity index (χ0n) is 14.7. The molecule has 1 saturated carbocycles. The van der Waals surface area contributed by atoms with E-state index in [4.69, 9.17) is 4.84 Å². The maximum absolute atomic E-state index is 12.3. The number of rotatable bonds is 4. The molecule has 8 nitrogen and oxygen atoms in total. The summed E-state index contributed by atoms with van der Waals surface area (Å²) >= 11 is 0. The molecule has 3 rings (SSSR count). The van der Waals surface area contributed by atoms with Crippen LogP contribution in [0.4, 0.5) is 4.79 Å². The van der Waals surface area contributed by atoms with E-state index in [1.165, 1.54) is 12.8 Å². The van der Waals surface area contributed by atoms with Crippen LogP contribution in [-0.4, -0.2) is 50.8 Å². The molecule has 3 aliphatic rings. The second kappa shape index (κ2) is 8.44. The van der Waals surface area contributed by atoms with E-state index in [1.54, 1.807) is 7.11 Å². The van der Waals surface area contributed by atoms with Gasteiger partial charge < -0.3 is 20.8 Å². The first-order chi connectivity index (χ1) is 11.6. The Labute approximate surface area is 144 Å². The maximum Gasteiger partial charge on any atom is 0.317 e. The first-order valence-corrected chi connectivity index (χ1v) is 9.22. The Balaban J connectivity index is 1.43. The van der Waals surface area contributed by atoms with Crippen molar-refractivity contribution in [1.82, 2.24) is 32.1 Å². The van der Waals surface area contributed by atoms with Crippen LogP contribution in [0.25, 0.3) is 0 Å². The Morgan fingerprint density at radius 1 is 1.08 bits per heavy atom. The Bertz CT molecular complexity index is 423. The number of nitrogens with one attached hydrogen (secondary N) is 6. The van der Waals surface area contributed by atoms with E-state index in [0.717, 1.165) is 44.2 Å². The summed E-state index contributed by atoms with van der Waals surface area (Å²) in [4.78, 5) is 17.3. The van der Waals surface area contributed by atoms with E-state index in [2.05, 4.69) is 39.0 Å². The standard InChI is InChI=1S/C16H32N6O2/c1-10-7-14(22-24-2)20-15(18-10)21-16(23)19-13-4-3-12-9-17-6-5-11(12)8-13/h10-15,17-18,20,22H,3-9H2,1-2H3,(H2,19,21,23). The number of hydroxylamine groups is 1. The summed E-state index contributed by atoms with van der Waals surface area (Å²) in [5.74, 6) is 1.55. The van der Waals surface area contributed by atoms with Crippen LogP contribution in [0.5, 0.6) is 0 Å². The quantitative estimate of drug-likeness (QED) is 0.397. The zero-order chi connectivity index (χ0) is 16.9. The van der Waals surface area contributed by atoms with Crippen LogP contribution >= 0.6 is 0 Å². The van der Waals surface area contributed by atoms with Crippen LogP contribution in [0.2, 0.25) is 0 Å². The smallest absolute Gasteiger partial charge is 0.317 e. The van der Waals surface area contributed by atoms with Crippen molar-refractivity contribution < 1.29 is 9.63 Å². The first-order valence-electron chi connectivity index (χ1n) is 9.22. The third-order valence-corrected chi connectivity index (χ3v) is 5.52. The monoisotopic (exact) mass is 340 g/mol. The van der Waals surface area contributed by atoms with E-state index in [0.29, 0.717) is 6.04 Å². The number of carbonyl (C=O) groups excluding carboxylic acids is 1. The van der Waals surface area contributed by atoms with Gasteiger partial charge in [-0.05, 0) is 64.0 Å². The largest absolute Gasteiger partial charge is 0.335 e. The van der Waals surface area contributed by atoms with Crippen LogP contribution in [0.3, 0.4) is 0 Å². The molecule has 6 atom stereocenters. The number of urea groups is 1. The third-order valence-electron chi connectivity index (χ3n) is 5.52.